The molecule has 2 aliphatic heterocycles. The molecule has 0 spiro atoms. The molecule has 1 aromatic heterocycles. The molecule has 11 heteroatoms. The van der Waals surface area contributed by atoms with Crippen LogP contribution in [0.25, 0.3) is 0 Å². The molecule has 0 unspecified atom stereocenters. The lowest BCUT2D eigenvalue weighted by Crippen LogP contribution is -2.35. The zero-order valence-corrected chi connectivity index (χ0v) is 19.1. The number of aryl methyl sites for hydroxylation is 2. The number of fused-ring (bicyclic) bond motifs is 1. The number of hydrogen-bond acceptors (Lipinski definition) is 4. The first-order valence-corrected chi connectivity index (χ1v) is 11.4. The van der Waals surface area contributed by atoms with Gasteiger partial charge in [-0.3, -0.25) is 4.90 Å². The second-order valence-corrected chi connectivity index (χ2v) is 8.33. The molecular weight excluding hydrogens is 451 g/mol. The molecule has 2 aromatic rings. The molecule has 0 atom stereocenters. The number of carbonyl (C=O) groups is 2. The SMILES string of the molecule is CCc1ccccc1NC(=O)N1CCCn2cnc(CN3CCCC3)c2C1.O=C(O)C(F)(F)F. The average Bonchev–Trinajstić information content (AvgIpc) is 3.38. The lowest BCUT2D eigenvalue weighted by Gasteiger charge is -2.22. The molecule has 4 rings (SSSR count). The van der Waals surface area contributed by atoms with Gasteiger partial charge in [-0.25, -0.2) is 14.6 Å². The van der Waals surface area contributed by atoms with E-state index in [4.69, 9.17) is 9.90 Å². The number of nitrogens with one attached hydrogen (secondary N) is 1. The summed E-state index contributed by atoms with van der Waals surface area (Å²) in [6, 6.07) is 8.03. The van der Waals surface area contributed by atoms with Crippen molar-refractivity contribution >= 4 is 17.7 Å². The Hall–Kier alpha value is -3.08. The van der Waals surface area contributed by atoms with Gasteiger partial charge in [-0.15, -0.1) is 0 Å². The summed E-state index contributed by atoms with van der Waals surface area (Å²) in [6.45, 7) is 7.65. The van der Waals surface area contributed by atoms with E-state index < -0.39 is 12.1 Å². The molecule has 2 amide bonds. The number of carbonyl (C=O) groups excluding carboxylic acids is 1. The molecule has 2 N–H and O–H groups in total. The molecule has 8 nitrogen and oxygen atoms in total. The van der Waals surface area contributed by atoms with Crippen LogP contribution in [0.3, 0.4) is 0 Å². The smallest absolute Gasteiger partial charge is 0.475 e. The van der Waals surface area contributed by atoms with Crippen LogP contribution in [0, 0.1) is 0 Å². The predicted molar refractivity (Wildman–Crippen MR) is 120 cm³/mol. The molecular formula is C23H30F3N5O3. The third kappa shape index (κ3) is 6.72. The van der Waals surface area contributed by atoms with E-state index in [0.717, 1.165) is 56.9 Å². The molecule has 2 aliphatic rings. The van der Waals surface area contributed by atoms with Crippen molar-refractivity contribution in [3.05, 3.63) is 47.5 Å². The molecule has 1 saturated heterocycles. The maximum absolute atomic E-state index is 13.0. The summed E-state index contributed by atoms with van der Waals surface area (Å²) < 4.78 is 34.0. The van der Waals surface area contributed by atoms with Gasteiger partial charge in [0.1, 0.15) is 0 Å². The summed E-state index contributed by atoms with van der Waals surface area (Å²) in [5.74, 6) is -2.76. The number of carboxylic acids is 1. The van der Waals surface area contributed by atoms with Gasteiger partial charge in [0.15, 0.2) is 0 Å². The van der Waals surface area contributed by atoms with Gasteiger partial charge in [-0.05, 0) is 50.4 Å². The predicted octanol–water partition coefficient (Wildman–Crippen LogP) is 4.11. The summed E-state index contributed by atoms with van der Waals surface area (Å²) in [7, 11) is 0. The summed E-state index contributed by atoms with van der Waals surface area (Å²) in [4.78, 5) is 30.9. The Labute approximate surface area is 196 Å². The van der Waals surface area contributed by atoms with E-state index in [1.165, 1.54) is 24.1 Å². The number of urea groups is 1. The Kier molecular flexibility index (Phi) is 8.54. The van der Waals surface area contributed by atoms with Crippen LogP contribution in [-0.4, -0.2) is 62.3 Å². The summed E-state index contributed by atoms with van der Waals surface area (Å²) in [6.07, 6.45) is 1.29. The topological polar surface area (TPSA) is 90.7 Å². The molecule has 0 radical (unpaired) electrons. The van der Waals surface area contributed by atoms with Crippen molar-refractivity contribution < 1.29 is 27.9 Å². The number of aromatic nitrogens is 2. The van der Waals surface area contributed by atoms with E-state index in [0.29, 0.717) is 6.54 Å². The number of nitrogens with zero attached hydrogens (tertiary/aromatic N) is 4. The van der Waals surface area contributed by atoms with Gasteiger partial charge in [-0.2, -0.15) is 13.2 Å². The molecule has 1 aromatic carbocycles. The number of hydrogen-bond donors (Lipinski definition) is 2. The van der Waals surface area contributed by atoms with E-state index >= 15 is 0 Å². The number of amides is 2. The number of alkyl halides is 3. The van der Waals surface area contributed by atoms with Crippen molar-refractivity contribution in [2.45, 2.75) is 58.4 Å². The number of anilines is 1. The summed E-state index contributed by atoms with van der Waals surface area (Å²) in [5.41, 5.74) is 4.41. The van der Waals surface area contributed by atoms with Crippen molar-refractivity contribution in [2.24, 2.45) is 0 Å². The Bertz CT molecular complexity index is 986. The van der Waals surface area contributed by atoms with Gasteiger partial charge >= 0.3 is 18.2 Å². The Morgan fingerprint density at radius 3 is 2.41 bits per heavy atom. The minimum Gasteiger partial charge on any atom is -0.475 e. The zero-order valence-electron chi connectivity index (χ0n) is 19.1. The monoisotopic (exact) mass is 481 g/mol. The van der Waals surface area contributed by atoms with Gasteiger partial charge in [0.25, 0.3) is 0 Å². The van der Waals surface area contributed by atoms with E-state index in [1.54, 1.807) is 0 Å². The van der Waals surface area contributed by atoms with Crippen molar-refractivity contribution in [3.8, 4) is 0 Å². The molecule has 34 heavy (non-hydrogen) atoms. The quantitative estimate of drug-likeness (QED) is 0.686. The van der Waals surface area contributed by atoms with Crippen LogP contribution in [0.15, 0.2) is 30.6 Å². The lowest BCUT2D eigenvalue weighted by molar-refractivity contribution is -0.192. The standard InChI is InChI=1S/C21H29N5O.C2HF3O2/c1-2-17-8-3-4-9-18(17)23-21(27)25-12-7-13-26-16-22-19(20(26)15-25)14-24-10-5-6-11-24;3-2(4,5)1(6)7/h3-4,8-9,16H,2,5-7,10-15H2,1H3,(H,23,27);(H,6,7). The van der Waals surface area contributed by atoms with Crippen LogP contribution in [-0.2, 0) is 30.8 Å². The fourth-order valence-electron chi connectivity index (χ4n) is 4.12. The van der Waals surface area contributed by atoms with E-state index in [1.807, 2.05) is 29.4 Å². The second-order valence-electron chi connectivity index (χ2n) is 8.33. The van der Waals surface area contributed by atoms with Gasteiger partial charge in [0, 0.05) is 25.3 Å². The van der Waals surface area contributed by atoms with Crippen LogP contribution >= 0.6 is 0 Å². The highest BCUT2D eigenvalue weighted by molar-refractivity contribution is 5.90. The van der Waals surface area contributed by atoms with Crippen molar-refractivity contribution in [2.75, 3.05) is 25.0 Å². The highest BCUT2D eigenvalue weighted by Gasteiger charge is 2.38. The Morgan fingerprint density at radius 1 is 1.09 bits per heavy atom. The fraction of sp³-hybridized carbons (Fsp3) is 0.522. The largest absolute Gasteiger partial charge is 0.490 e. The second kappa shape index (κ2) is 11.4. The molecule has 1 fully saturated rings. The van der Waals surface area contributed by atoms with Gasteiger partial charge in [0.05, 0.1) is 24.3 Å². The number of rotatable bonds is 4. The minimum atomic E-state index is -5.08. The number of imidazole rings is 1. The summed E-state index contributed by atoms with van der Waals surface area (Å²) >= 11 is 0. The highest BCUT2D eigenvalue weighted by Crippen LogP contribution is 2.21. The first kappa shape index (κ1) is 25.5. The van der Waals surface area contributed by atoms with E-state index in [-0.39, 0.29) is 6.03 Å². The van der Waals surface area contributed by atoms with Crippen LogP contribution in [0.2, 0.25) is 0 Å². The van der Waals surface area contributed by atoms with Crippen molar-refractivity contribution in [1.82, 2.24) is 19.4 Å². The molecule has 0 bridgehead atoms. The zero-order chi connectivity index (χ0) is 24.7. The number of aliphatic carboxylic acids is 1. The van der Waals surface area contributed by atoms with Crippen LogP contribution in [0.4, 0.5) is 23.7 Å². The third-order valence-corrected chi connectivity index (χ3v) is 5.94. The van der Waals surface area contributed by atoms with Crippen LogP contribution in [0.1, 0.15) is 43.1 Å². The first-order valence-electron chi connectivity index (χ1n) is 11.4. The number of benzene rings is 1. The van der Waals surface area contributed by atoms with Gasteiger partial charge in [-0.1, -0.05) is 25.1 Å². The van der Waals surface area contributed by atoms with E-state index in [2.05, 4.69) is 32.8 Å². The molecule has 186 valence electrons. The number of para-hydroxylation sites is 1. The third-order valence-electron chi connectivity index (χ3n) is 5.94. The average molecular weight is 482 g/mol. The lowest BCUT2D eigenvalue weighted by atomic mass is 10.1. The van der Waals surface area contributed by atoms with Gasteiger partial charge < -0.3 is 19.9 Å². The normalized spacial score (nSPS) is 16.3. The molecule has 0 saturated carbocycles. The maximum Gasteiger partial charge on any atom is 0.490 e. The van der Waals surface area contributed by atoms with Crippen LogP contribution in [0.5, 0.6) is 0 Å². The number of carboxylic acid groups (broad SMARTS) is 1. The summed E-state index contributed by atoms with van der Waals surface area (Å²) in [5, 5.41) is 10.2. The fourth-order valence-corrected chi connectivity index (χ4v) is 4.12. The number of halogens is 3. The van der Waals surface area contributed by atoms with Crippen molar-refractivity contribution in [3.63, 3.8) is 0 Å². The molecule has 0 aliphatic carbocycles. The van der Waals surface area contributed by atoms with Crippen LogP contribution < -0.4 is 5.32 Å². The van der Waals surface area contributed by atoms with Gasteiger partial charge in [0.2, 0.25) is 0 Å². The highest BCUT2D eigenvalue weighted by atomic mass is 19.4. The Balaban J connectivity index is 0.000000406. The Morgan fingerprint density at radius 2 is 1.76 bits per heavy atom. The molecule has 3 heterocycles. The maximum atomic E-state index is 13.0. The number of likely N-dealkylation sites (tertiary alicyclic amines) is 1. The minimum absolute atomic E-state index is 0.0160. The van der Waals surface area contributed by atoms with Crippen molar-refractivity contribution in [1.29, 1.82) is 0 Å². The van der Waals surface area contributed by atoms with E-state index in [9.17, 15) is 18.0 Å². The first-order chi connectivity index (χ1) is 16.2.